The van der Waals surface area contributed by atoms with Crippen molar-refractivity contribution in [3.8, 4) is 0 Å². The highest BCUT2D eigenvalue weighted by atomic mass is 32.2. The van der Waals surface area contributed by atoms with Crippen molar-refractivity contribution in [3.05, 3.63) is 29.8 Å². The van der Waals surface area contributed by atoms with Crippen LogP contribution in [0.25, 0.3) is 0 Å². The highest BCUT2D eigenvalue weighted by molar-refractivity contribution is 7.89. The Morgan fingerprint density at radius 3 is 2.29 bits per heavy atom. The molecule has 0 aliphatic rings. The van der Waals surface area contributed by atoms with Crippen LogP contribution in [0.3, 0.4) is 0 Å². The van der Waals surface area contributed by atoms with Gasteiger partial charge in [-0.1, -0.05) is 32.9 Å². The Morgan fingerprint density at radius 1 is 1.21 bits per heavy atom. The lowest BCUT2D eigenvalue weighted by Crippen LogP contribution is -2.31. The van der Waals surface area contributed by atoms with Gasteiger partial charge in [-0.2, -0.15) is 4.31 Å². The Hall–Kier alpha value is -1.44. The molecule has 1 atom stereocenters. The minimum atomic E-state index is -3.43. The van der Waals surface area contributed by atoms with E-state index in [1.807, 2.05) is 20.8 Å². The van der Waals surface area contributed by atoms with E-state index < -0.39 is 10.0 Å². The third kappa shape index (κ3) is 5.89. The van der Waals surface area contributed by atoms with Gasteiger partial charge in [-0.3, -0.25) is 4.79 Å². The molecule has 0 aliphatic heterocycles. The Morgan fingerprint density at radius 2 is 1.79 bits per heavy atom. The maximum Gasteiger partial charge on any atom is 0.243 e. The van der Waals surface area contributed by atoms with Crippen LogP contribution in [0.4, 0.5) is 0 Å². The summed E-state index contributed by atoms with van der Waals surface area (Å²) < 4.78 is 26.2. The van der Waals surface area contributed by atoms with Gasteiger partial charge in [0, 0.05) is 26.1 Å². The first-order valence-corrected chi connectivity index (χ1v) is 9.85. The van der Waals surface area contributed by atoms with E-state index >= 15 is 0 Å². The quantitative estimate of drug-likeness (QED) is 0.663. The van der Waals surface area contributed by atoms with Crippen molar-refractivity contribution >= 4 is 15.9 Å². The number of sulfonamides is 1. The number of aryl methyl sites for hydroxylation is 1. The number of hydrogen-bond donors (Lipinski definition) is 2. The zero-order valence-electron chi connectivity index (χ0n) is 14.8. The highest BCUT2D eigenvalue weighted by Gasteiger charge is 2.21. The minimum absolute atomic E-state index is 0.0184. The summed E-state index contributed by atoms with van der Waals surface area (Å²) in [6.07, 6.45) is 0.952. The summed E-state index contributed by atoms with van der Waals surface area (Å²) in [5.74, 6) is 0.244. The third-order valence-electron chi connectivity index (χ3n) is 3.96. The smallest absolute Gasteiger partial charge is 0.243 e. The van der Waals surface area contributed by atoms with Crippen molar-refractivity contribution in [1.29, 1.82) is 0 Å². The minimum Gasteiger partial charge on any atom is -0.356 e. The van der Waals surface area contributed by atoms with Crippen molar-refractivity contribution in [3.63, 3.8) is 0 Å². The predicted molar refractivity (Wildman–Crippen MR) is 96.1 cm³/mol. The molecule has 3 N–H and O–H groups in total. The van der Waals surface area contributed by atoms with Crippen LogP contribution in [0.1, 0.15) is 32.8 Å². The number of nitrogens with zero attached hydrogens (tertiary/aromatic N) is 1. The molecule has 1 aromatic rings. The molecule has 1 rings (SSSR count). The fraction of sp³-hybridized carbons (Fsp3) is 0.588. The van der Waals surface area contributed by atoms with Gasteiger partial charge in [0.05, 0.1) is 4.90 Å². The van der Waals surface area contributed by atoms with Crippen molar-refractivity contribution in [2.24, 2.45) is 11.7 Å². The molecule has 1 aromatic carbocycles. The molecule has 0 saturated carbocycles. The Labute approximate surface area is 145 Å². The topological polar surface area (TPSA) is 92.5 Å². The standard InChI is InChI=1S/C17H29N3O3S/c1-4-20(5-2)24(22,23)16-9-6-15(7-10-16)8-11-17(21)19-13-14(3)12-18/h6-7,9-10,14H,4-5,8,11-13,18H2,1-3H3,(H,19,21). The van der Waals surface area contributed by atoms with Crippen molar-refractivity contribution in [2.45, 2.75) is 38.5 Å². The van der Waals surface area contributed by atoms with E-state index in [9.17, 15) is 13.2 Å². The zero-order valence-corrected chi connectivity index (χ0v) is 15.6. The predicted octanol–water partition coefficient (Wildman–Crippen LogP) is 1.36. The van der Waals surface area contributed by atoms with Gasteiger partial charge in [-0.05, 0) is 36.6 Å². The summed E-state index contributed by atoms with van der Waals surface area (Å²) in [6, 6.07) is 6.76. The molecule has 0 aromatic heterocycles. The molecule has 0 bridgehead atoms. The van der Waals surface area contributed by atoms with E-state index in [0.717, 1.165) is 5.56 Å². The van der Waals surface area contributed by atoms with Gasteiger partial charge in [0.1, 0.15) is 0 Å². The van der Waals surface area contributed by atoms with E-state index in [-0.39, 0.29) is 16.7 Å². The summed E-state index contributed by atoms with van der Waals surface area (Å²) in [4.78, 5) is 12.1. The molecule has 7 heteroatoms. The fourth-order valence-electron chi connectivity index (χ4n) is 2.26. The summed E-state index contributed by atoms with van der Waals surface area (Å²) in [6.45, 7) is 7.64. The SMILES string of the molecule is CCN(CC)S(=O)(=O)c1ccc(CCC(=O)NCC(C)CN)cc1. The number of amides is 1. The van der Waals surface area contributed by atoms with E-state index in [1.165, 1.54) is 4.31 Å². The average molecular weight is 356 g/mol. The Bertz CT molecular complexity index is 610. The van der Waals surface area contributed by atoms with Crippen molar-refractivity contribution in [2.75, 3.05) is 26.2 Å². The third-order valence-corrected chi connectivity index (χ3v) is 6.02. The number of carbonyl (C=O) groups is 1. The van der Waals surface area contributed by atoms with Crippen LogP contribution in [-0.2, 0) is 21.2 Å². The van der Waals surface area contributed by atoms with E-state index in [1.54, 1.807) is 24.3 Å². The Balaban J connectivity index is 2.61. The lowest BCUT2D eigenvalue weighted by Gasteiger charge is -2.18. The zero-order chi connectivity index (χ0) is 18.2. The normalized spacial score (nSPS) is 13.0. The van der Waals surface area contributed by atoms with Crippen LogP contribution in [0.5, 0.6) is 0 Å². The van der Waals surface area contributed by atoms with Gasteiger partial charge in [-0.15, -0.1) is 0 Å². The molecule has 0 fully saturated rings. The molecule has 1 amide bonds. The first-order valence-electron chi connectivity index (χ1n) is 8.40. The van der Waals surface area contributed by atoms with Crippen LogP contribution in [0.15, 0.2) is 29.2 Å². The van der Waals surface area contributed by atoms with Crippen LogP contribution in [0.2, 0.25) is 0 Å². The molecule has 0 saturated heterocycles. The van der Waals surface area contributed by atoms with Crippen LogP contribution < -0.4 is 11.1 Å². The molecule has 0 radical (unpaired) electrons. The summed E-state index contributed by atoms with van der Waals surface area (Å²) in [5.41, 5.74) is 6.45. The van der Waals surface area contributed by atoms with E-state index in [2.05, 4.69) is 5.32 Å². The number of rotatable bonds is 10. The molecule has 24 heavy (non-hydrogen) atoms. The van der Waals surface area contributed by atoms with Gasteiger partial charge >= 0.3 is 0 Å². The number of benzene rings is 1. The fourth-order valence-corrected chi connectivity index (χ4v) is 3.72. The number of hydrogen-bond acceptors (Lipinski definition) is 4. The van der Waals surface area contributed by atoms with Crippen molar-refractivity contribution in [1.82, 2.24) is 9.62 Å². The second-order valence-electron chi connectivity index (χ2n) is 5.88. The van der Waals surface area contributed by atoms with Crippen LogP contribution in [-0.4, -0.2) is 44.8 Å². The summed E-state index contributed by atoms with van der Waals surface area (Å²) >= 11 is 0. The van der Waals surface area contributed by atoms with Gasteiger partial charge in [0.15, 0.2) is 0 Å². The van der Waals surface area contributed by atoms with E-state index in [0.29, 0.717) is 39.0 Å². The number of nitrogens with two attached hydrogens (primary N) is 1. The monoisotopic (exact) mass is 355 g/mol. The van der Waals surface area contributed by atoms with Crippen molar-refractivity contribution < 1.29 is 13.2 Å². The second kappa shape index (κ2) is 9.76. The summed E-state index contributed by atoms with van der Waals surface area (Å²) in [5, 5.41) is 2.85. The molecule has 0 heterocycles. The molecular weight excluding hydrogens is 326 g/mol. The molecule has 0 aliphatic carbocycles. The molecule has 6 nitrogen and oxygen atoms in total. The van der Waals surface area contributed by atoms with Gasteiger partial charge < -0.3 is 11.1 Å². The van der Waals surface area contributed by atoms with E-state index in [4.69, 9.17) is 5.73 Å². The first-order chi connectivity index (χ1) is 11.3. The first kappa shape index (κ1) is 20.6. The Kier molecular flexibility index (Phi) is 8.38. The number of carbonyl (C=O) groups excluding carboxylic acids is 1. The van der Waals surface area contributed by atoms with Crippen LogP contribution >= 0.6 is 0 Å². The average Bonchev–Trinajstić information content (AvgIpc) is 2.58. The molecule has 136 valence electrons. The van der Waals surface area contributed by atoms with Gasteiger partial charge in [0.25, 0.3) is 0 Å². The molecular formula is C17H29N3O3S. The second-order valence-corrected chi connectivity index (χ2v) is 7.82. The van der Waals surface area contributed by atoms with Crippen LogP contribution in [0, 0.1) is 5.92 Å². The lowest BCUT2D eigenvalue weighted by molar-refractivity contribution is -0.121. The number of nitrogens with one attached hydrogen (secondary N) is 1. The summed E-state index contributed by atoms with van der Waals surface area (Å²) in [7, 11) is -3.43. The van der Waals surface area contributed by atoms with Gasteiger partial charge in [-0.25, -0.2) is 8.42 Å². The lowest BCUT2D eigenvalue weighted by atomic mass is 10.1. The highest BCUT2D eigenvalue weighted by Crippen LogP contribution is 2.16. The molecule has 0 spiro atoms. The molecule has 1 unspecified atom stereocenters. The maximum atomic E-state index is 12.4. The van der Waals surface area contributed by atoms with Gasteiger partial charge in [0.2, 0.25) is 15.9 Å². The largest absolute Gasteiger partial charge is 0.356 e. The maximum absolute atomic E-state index is 12.4.